The summed E-state index contributed by atoms with van der Waals surface area (Å²) in [5.74, 6) is 0.309. The third-order valence-corrected chi connectivity index (χ3v) is 2.78. The zero-order valence-electron chi connectivity index (χ0n) is 11.2. The number of H-pyrrole nitrogens is 1. The smallest absolute Gasteiger partial charge is 0.279 e. The second kappa shape index (κ2) is 5.09. The number of pyridine rings is 1. The topological polar surface area (TPSA) is 96.7 Å². The number of carbonyl (C=O) groups is 1. The number of nitrogen functional groups attached to an aromatic ring is 1. The first-order valence-corrected chi connectivity index (χ1v) is 6.06. The lowest BCUT2D eigenvalue weighted by molar-refractivity contribution is 0.102. The molecule has 0 saturated carbocycles. The quantitative estimate of drug-likeness (QED) is 0.786. The number of nitrogens with one attached hydrogen (secondary N) is 2. The number of hydrogen-bond acceptors (Lipinski definition) is 4. The van der Waals surface area contributed by atoms with Gasteiger partial charge in [0.1, 0.15) is 5.82 Å². The minimum Gasteiger partial charge on any atom is -0.395 e. The van der Waals surface area contributed by atoms with E-state index in [0.29, 0.717) is 11.5 Å². The van der Waals surface area contributed by atoms with Crippen LogP contribution in [0.1, 0.15) is 41.5 Å². The van der Waals surface area contributed by atoms with Gasteiger partial charge >= 0.3 is 0 Å². The van der Waals surface area contributed by atoms with Gasteiger partial charge in [-0.15, -0.1) is 0 Å². The van der Waals surface area contributed by atoms with Crippen molar-refractivity contribution in [1.29, 1.82) is 0 Å². The highest BCUT2D eigenvalue weighted by Crippen LogP contribution is 2.22. The van der Waals surface area contributed by atoms with Crippen molar-refractivity contribution in [3.63, 3.8) is 0 Å². The standard InChI is InChI=1S/C13H17N5O/c1-7(2)11-10(14)12(18-17-11)13(19)16-9-6-8(3)4-5-15-9/h4-7H,14H2,1-3H3,(H,17,18)(H,15,16,19). The summed E-state index contributed by atoms with van der Waals surface area (Å²) in [6.45, 7) is 5.89. The van der Waals surface area contributed by atoms with E-state index < -0.39 is 0 Å². The van der Waals surface area contributed by atoms with Crippen LogP contribution in [0.4, 0.5) is 11.5 Å². The summed E-state index contributed by atoms with van der Waals surface area (Å²) in [7, 11) is 0. The first kappa shape index (κ1) is 13.1. The molecule has 0 aliphatic rings. The van der Waals surface area contributed by atoms with Crippen LogP contribution in [0.15, 0.2) is 18.3 Å². The third-order valence-electron chi connectivity index (χ3n) is 2.78. The van der Waals surface area contributed by atoms with Gasteiger partial charge in [0.05, 0.1) is 11.4 Å². The Morgan fingerprint density at radius 3 is 2.79 bits per heavy atom. The third kappa shape index (κ3) is 2.73. The molecule has 0 saturated heterocycles. The Morgan fingerprint density at radius 2 is 2.21 bits per heavy atom. The highest BCUT2D eigenvalue weighted by molar-refractivity contribution is 6.06. The van der Waals surface area contributed by atoms with Crippen LogP contribution in [0, 0.1) is 6.92 Å². The van der Waals surface area contributed by atoms with Crippen molar-refractivity contribution in [1.82, 2.24) is 15.2 Å². The number of rotatable bonds is 3. The molecule has 0 aliphatic carbocycles. The molecule has 4 N–H and O–H groups in total. The molecule has 2 aromatic rings. The molecule has 0 bridgehead atoms. The summed E-state index contributed by atoms with van der Waals surface area (Å²) < 4.78 is 0. The molecule has 100 valence electrons. The molecular weight excluding hydrogens is 242 g/mol. The molecule has 0 fully saturated rings. The highest BCUT2D eigenvalue weighted by atomic mass is 16.2. The summed E-state index contributed by atoms with van der Waals surface area (Å²) in [6, 6.07) is 3.64. The predicted molar refractivity (Wildman–Crippen MR) is 74.0 cm³/mol. The van der Waals surface area contributed by atoms with Crippen molar-refractivity contribution in [3.05, 3.63) is 35.3 Å². The van der Waals surface area contributed by atoms with E-state index >= 15 is 0 Å². The zero-order chi connectivity index (χ0) is 14.0. The number of aryl methyl sites for hydroxylation is 1. The van der Waals surface area contributed by atoms with Crippen molar-refractivity contribution < 1.29 is 4.79 Å². The fourth-order valence-corrected chi connectivity index (χ4v) is 1.76. The molecule has 0 spiro atoms. The van der Waals surface area contributed by atoms with Gasteiger partial charge in [-0.2, -0.15) is 5.10 Å². The van der Waals surface area contributed by atoms with Crippen molar-refractivity contribution in [2.75, 3.05) is 11.1 Å². The minimum atomic E-state index is -0.362. The molecule has 0 aromatic carbocycles. The lowest BCUT2D eigenvalue weighted by Gasteiger charge is -2.04. The maximum atomic E-state index is 12.1. The van der Waals surface area contributed by atoms with Crippen molar-refractivity contribution in [2.24, 2.45) is 0 Å². The molecule has 0 unspecified atom stereocenters. The predicted octanol–water partition coefficient (Wildman–Crippen LogP) is 2.07. The molecule has 6 heteroatoms. The number of hydrogen-bond donors (Lipinski definition) is 3. The van der Waals surface area contributed by atoms with E-state index in [1.807, 2.05) is 26.8 Å². The van der Waals surface area contributed by atoms with Crippen LogP contribution in [0.25, 0.3) is 0 Å². The van der Waals surface area contributed by atoms with E-state index in [0.717, 1.165) is 11.3 Å². The van der Waals surface area contributed by atoms with Gasteiger partial charge in [-0.05, 0) is 30.5 Å². The summed E-state index contributed by atoms with van der Waals surface area (Å²) in [4.78, 5) is 16.1. The average molecular weight is 259 g/mol. The number of anilines is 2. The molecule has 0 radical (unpaired) electrons. The summed E-state index contributed by atoms with van der Waals surface area (Å²) in [5, 5.41) is 9.44. The van der Waals surface area contributed by atoms with Crippen LogP contribution >= 0.6 is 0 Å². The van der Waals surface area contributed by atoms with Crippen molar-refractivity contribution in [3.8, 4) is 0 Å². The molecular formula is C13H17N5O. The normalized spacial score (nSPS) is 10.7. The summed E-state index contributed by atoms with van der Waals surface area (Å²) in [5.41, 5.74) is 8.29. The molecule has 2 aromatic heterocycles. The van der Waals surface area contributed by atoms with Crippen LogP contribution < -0.4 is 11.1 Å². The van der Waals surface area contributed by atoms with E-state index in [2.05, 4.69) is 20.5 Å². The second-order valence-corrected chi connectivity index (χ2v) is 4.73. The van der Waals surface area contributed by atoms with Gasteiger partial charge in [0.25, 0.3) is 5.91 Å². The summed E-state index contributed by atoms with van der Waals surface area (Å²) in [6.07, 6.45) is 1.64. The maximum absolute atomic E-state index is 12.1. The van der Waals surface area contributed by atoms with Crippen LogP contribution in [0.2, 0.25) is 0 Å². The molecule has 19 heavy (non-hydrogen) atoms. The Bertz CT molecular complexity index is 603. The SMILES string of the molecule is Cc1ccnc(NC(=O)c2n[nH]c(C(C)C)c2N)c1. The fraction of sp³-hybridized carbons (Fsp3) is 0.308. The van der Waals surface area contributed by atoms with E-state index in [9.17, 15) is 4.79 Å². The Balaban J connectivity index is 2.21. The number of aromatic nitrogens is 3. The van der Waals surface area contributed by atoms with E-state index in [1.165, 1.54) is 0 Å². The highest BCUT2D eigenvalue weighted by Gasteiger charge is 2.19. The van der Waals surface area contributed by atoms with E-state index in [4.69, 9.17) is 5.73 Å². The Kier molecular flexibility index (Phi) is 3.50. The average Bonchev–Trinajstić information content (AvgIpc) is 2.71. The molecule has 6 nitrogen and oxygen atoms in total. The van der Waals surface area contributed by atoms with Gasteiger partial charge < -0.3 is 11.1 Å². The van der Waals surface area contributed by atoms with Crippen LogP contribution in [-0.4, -0.2) is 21.1 Å². The van der Waals surface area contributed by atoms with Gasteiger partial charge in [-0.3, -0.25) is 9.89 Å². The molecule has 2 heterocycles. The van der Waals surface area contributed by atoms with Gasteiger partial charge in [0.2, 0.25) is 0 Å². The van der Waals surface area contributed by atoms with Crippen LogP contribution in [0.5, 0.6) is 0 Å². The molecule has 0 atom stereocenters. The summed E-state index contributed by atoms with van der Waals surface area (Å²) >= 11 is 0. The number of aromatic amines is 1. The van der Waals surface area contributed by atoms with Gasteiger partial charge in [-0.1, -0.05) is 13.8 Å². The number of nitrogens with two attached hydrogens (primary N) is 1. The van der Waals surface area contributed by atoms with E-state index in [1.54, 1.807) is 12.3 Å². The molecule has 0 aliphatic heterocycles. The molecule has 1 amide bonds. The number of carbonyl (C=O) groups excluding carboxylic acids is 1. The van der Waals surface area contributed by atoms with Gasteiger partial charge in [0, 0.05) is 6.20 Å². The first-order valence-electron chi connectivity index (χ1n) is 6.06. The number of nitrogens with zero attached hydrogens (tertiary/aromatic N) is 2. The lowest BCUT2D eigenvalue weighted by Crippen LogP contribution is -2.15. The minimum absolute atomic E-state index is 0.186. The Morgan fingerprint density at radius 1 is 1.47 bits per heavy atom. The van der Waals surface area contributed by atoms with Crippen molar-refractivity contribution in [2.45, 2.75) is 26.7 Å². The first-order chi connectivity index (χ1) is 8.99. The fourth-order valence-electron chi connectivity index (χ4n) is 1.76. The van der Waals surface area contributed by atoms with E-state index in [-0.39, 0.29) is 17.5 Å². The monoisotopic (exact) mass is 259 g/mol. The second-order valence-electron chi connectivity index (χ2n) is 4.73. The zero-order valence-corrected chi connectivity index (χ0v) is 11.2. The molecule has 2 rings (SSSR count). The number of amides is 1. The maximum Gasteiger partial charge on any atom is 0.279 e. The van der Waals surface area contributed by atoms with Gasteiger partial charge in [0.15, 0.2) is 5.69 Å². The van der Waals surface area contributed by atoms with Gasteiger partial charge in [-0.25, -0.2) is 4.98 Å². The largest absolute Gasteiger partial charge is 0.395 e. The van der Waals surface area contributed by atoms with Crippen LogP contribution in [-0.2, 0) is 0 Å². The lowest BCUT2D eigenvalue weighted by atomic mass is 10.1. The Hall–Kier alpha value is -2.37. The van der Waals surface area contributed by atoms with Crippen molar-refractivity contribution >= 4 is 17.4 Å². The Labute approximate surface area is 111 Å². The van der Waals surface area contributed by atoms with Crippen LogP contribution in [0.3, 0.4) is 0 Å².